The highest BCUT2D eigenvalue weighted by molar-refractivity contribution is 9.10. The Balaban J connectivity index is 1.72. The molecule has 1 aliphatic heterocycles. The molecule has 4 amide bonds. The number of anilines is 2. The Morgan fingerprint density at radius 2 is 1.57 bits per heavy atom. The van der Waals surface area contributed by atoms with Crippen LogP contribution in [0.4, 0.5) is 11.4 Å². The molecular weight excluding hydrogens is 428 g/mol. The number of carbonyl (C=O) groups excluding carboxylic acids is 4. The summed E-state index contributed by atoms with van der Waals surface area (Å²) >= 11 is 3.25. The van der Waals surface area contributed by atoms with Crippen molar-refractivity contribution in [2.24, 2.45) is 0 Å². The van der Waals surface area contributed by atoms with Crippen molar-refractivity contribution in [1.82, 2.24) is 4.90 Å². The van der Waals surface area contributed by atoms with Crippen LogP contribution in [0.15, 0.2) is 46.9 Å². The molecule has 0 fully saturated rings. The Morgan fingerprint density at radius 1 is 0.964 bits per heavy atom. The molecule has 0 bridgehead atoms. The molecular formula is C19H13BrN4O4. The molecule has 1 aliphatic rings. The highest BCUT2D eigenvalue weighted by atomic mass is 79.9. The van der Waals surface area contributed by atoms with E-state index in [1.807, 2.05) is 0 Å². The maximum atomic E-state index is 12.4. The second kappa shape index (κ2) is 8.02. The van der Waals surface area contributed by atoms with E-state index in [-0.39, 0.29) is 23.2 Å². The summed E-state index contributed by atoms with van der Waals surface area (Å²) in [6.07, 6.45) is -0.327. The van der Waals surface area contributed by atoms with Crippen LogP contribution in [0.5, 0.6) is 0 Å². The third kappa shape index (κ3) is 3.92. The van der Waals surface area contributed by atoms with E-state index in [9.17, 15) is 19.2 Å². The van der Waals surface area contributed by atoms with Crippen molar-refractivity contribution in [2.45, 2.75) is 6.42 Å². The normalized spacial score (nSPS) is 12.4. The van der Waals surface area contributed by atoms with Crippen molar-refractivity contribution >= 4 is 50.9 Å². The first-order valence-electron chi connectivity index (χ1n) is 8.12. The number of rotatable bonds is 5. The van der Waals surface area contributed by atoms with Gasteiger partial charge in [0.25, 0.3) is 11.8 Å². The summed E-state index contributed by atoms with van der Waals surface area (Å²) in [6, 6.07) is 12.9. The molecule has 1 heterocycles. The van der Waals surface area contributed by atoms with Gasteiger partial charge in [-0.15, -0.1) is 0 Å². The number of benzene rings is 2. The second-order valence-corrected chi connectivity index (χ2v) is 6.78. The molecule has 28 heavy (non-hydrogen) atoms. The fourth-order valence-electron chi connectivity index (χ4n) is 2.71. The molecule has 0 aliphatic carbocycles. The van der Waals surface area contributed by atoms with Gasteiger partial charge in [0.1, 0.15) is 13.0 Å². The van der Waals surface area contributed by atoms with Crippen LogP contribution in [0.2, 0.25) is 0 Å². The maximum absolute atomic E-state index is 12.4. The van der Waals surface area contributed by atoms with E-state index >= 15 is 0 Å². The number of nitrogens with one attached hydrogen (secondary N) is 2. The number of hydrogen-bond donors (Lipinski definition) is 2. The van der Waals surface area contributed by atoms with Crippen LogP contribution in [0.3, 0.4) is 0 Å². The van der Waals surface area contributed by atoms with Crippen LogP contribution in [-0.4, -0.2) is 35.1 Å². The first-order chi connectivity index (χ1) is 13.4. The first kappa shape index (κ1) is 19.3. The van der Waals surface area contributed by atoms with E-state index in [0.717, 1.165) is 4.90 Å². The topological polar surface area (TPSA) is 119 Å². The van der Waals surface area contributed by atoms with Gasteiger partial charge in [0, 0.05) is 4.47 Å². The lowest BCUT2D eigenvalue weighted by atomic mass is 10.1. The van der Waals surface area contributed by atoms with Crippen molar-refractivity contribution in [2.75, 3.05) is 17.2 Å². The smallest absolute Gasteiger partial charge is 0.262 e. The monoisotopic (exact) mass is 440 g/mol. The molecule has 0 aromatic heterocycles. The van der Waals surface area contributed by atoms with Crippen molar-refractivity contribution in [3.05, 3.63) is 58.1 Å². The lowest BCUT2D eigenvalue weighted by Gasteiger charge is -2.15. The highest BCUT2D eigenvalue weighted by Crippen LogP contribution is 2.26. The standard InChI is InChI=1S/C19H13BrN4O4/c20-11-5-6-12-13(9-11)19(28)24(18(12)27)10-17(26)23-15-4-2-1-3-14(15)22-16(25)7-8-21/h1-6,9H,7,10H2,(H,22,25)(H,23,26). The zero-order chi connectivity index (χ0) is 20.3. The molecule has 8 nitrogen and oxygen atoms in total. The van der Waals surface area contributed by atoms with E-state index in [4.69, 9.17) is 5.26 Å². The number of fused-ring (bicyclic) bond motifs is 1. The Morgan fingerprint density at radius 3 is 2.21 bits per heavy atom. The minimum Gasteiger partial charge on any atom is -0.323 e. The maximum Gasteiger partial charge on any atom is 0.262 e. The van der Waals surface area contributed by atoms with Gasteiger partial charge >= 0.3 is 0 Å². The number of amides is 4. The van der Waals surface area contributed by atoms with E-state index in [1.165, 1.54) is 12.1 Å². The van der Waals surface area contributed by atoms with E-state index in [1.54, 1.807) is 36.4 Å². The summed E-state index contributed by atoms with van der Waals surface area (Å²) in [5.74, 6) is -2.21. The predicted molar refractivity (Wildman–Crippen MR) is 103 cm³/mol. The van der Waals surface area contributed by atoms with Gasteiger partial charge in [-0.05, 0) is 30.3 Å². The largest absolute Gasteiger partial charge is 0.323 e. The number of para-hydroxylation sites is 2. The molecule has 140 valence electrons. The number of halogens is 1. The molecule has 0 saturated heterocycles. The number of imide groups is 1. The Bertz CT molecular complexity index is 1040. The van der Waals surface area contributed by atoms with E-state index < -0.39 is 30.2 Å². The van der Waals surface area contributed by atoms with Gasteiger partial charge in [-0.2, -0.15) is 5.26 Å². The Labute approximate surface area is 168 Å². The third-order valence-corrected chi connectivity index (χ3v) is 4.44. The molecule has 3 rings (SSSR count). The molecule has 9 heteroatoms. The van der Waals surface area contributed by atoms with E-state index in [2.05, 4.69) is 26.6 Å². The highest BCUT2D eigenvalue weighted by Gasteiger charge is 2.36. The molecule has 2 aromatic carbocycles. The Kier molecular flexibility index (Phi) is 5.52. The number of carbonyl (C=O) groups is 4. The van der Waals surface area contributed by atoms with Crippen LogP contribution in [0.1, 0.15) is 27.1 Å². The summed E-state index contributed by atoms with van der Waals surface area (Å²) in [6.45, 7) is -0.468. The lowest BCUT2D eigenvalue weighted by molar-refractivity contribution is -0.117. The minimum absolute atomic E-state index is 0.233. The van der Waals surface area contributed by atoms with E-state index in [0.29, 0.717) is 10.2 Å². The van der Waals surface area contributed by atoms with Gasteiger partial charge in [0.2, 0.25) is 11.8 Å². The lowest BCUT2D eigenvalue weighted by Crippen LogP contribution is -2.37. The summed E-state index contributed by atoms with van der Waals surface area (Å²) < 4.78 is 0.653. The summed E-state index contributed by atoms with van der Waals surface area (Å²) in [4.78, 5) is 49.8. The third-order valence-electron chi connectivity index (χ3n) is 3.95. The van der Waals surface area contributed by atoms with Crippen molar-refractivity contribution in [1.29, 1.82) is 5.26 Å². The Hall–Kier alpha value is -3.51. The molecule has 0 atom stereocenters. The van der Waals surface area contributed by atoms with Gasteiger partial charge in [0.05, 0.1) is 28.6 Å². The number of hydrogen-bond acceptors (Lipinski definition) is 5. The zero-order valence-corrected chi connectivity index (χ0v) is 15.9. The molecule has 2 aromatic rings. The number of nitriles is 1. The van der Waals surface area contributed by atoms with Crippen LogP contribution >= 0.6 is 15.9 Å². The summed E-state index contributed by atoms with van der Waals surface area (Å²) in [5.41, 5.74) is 1.07. The minimum atomic E-state index is -0.601. The quantitative estimate of drug-likeness (QED) is 0.692. The zero-order valence-electron chi connectivity index (χ0n) is 14.4. The van der Waals surface area contributed by atoms with Crippen LogP contribution < -0.4 is 10.6 Å². The second-order valence-electron chi connectivity index (χ2n) is 5.86. The molecule has 0 unspecified atom stereocenters. The van der Waals surface area contributed by atoms with Crippen LogP contribution in [0.25, 0.3) is 0 Å². The van der Waals surface area contributed by atoms with Crippen molar-refractivity contribution in [3.8, 4) is 6.07 Å². The van der Waals surface area contributed by atoms with Crippen molar-refractivity contribution < 1.29 is 19.2 Å². The van der Waals surface area contributed by atoms with Gasteiger partial charge in [0.15, 0.2) is 0 Å². The fraction of sp³-hybridized carbons (Fsp3) is 0.105. The molecule has 2 N–H and O–H groups in total. The summed E-state index contributed by atoms with van der Waals surface area (Å²) in [5, 5.41) is 13.7. The average Bonchev–Trinajstić information content (AvgIpc) is 2.88. The SMILES string of the molecule is N#CCC(=O)Nc1ccccc1NC(=O)CN1C(=O)c2ccc(Br)cc2C1=O. The van der Waals surface area contributed by atoms with Gasteiger partial charge in [-0.25, -0.2) is 0 Å². The summed E-state index contributed by atoms with van der Waals surface area (Å²) in [7, 11) is 0. The predicted octanol–water partition coefficient (Wildman–Crippen LogP) is 2.54. The molecule has 0 spiro atoms. The van der Waals surface area contributed by atoms with Crippen LogP contribution in [0, 0.1) is 11.3 Å². The van der Waals surface area contributed by atoms with Gasteiger partial charge < -0.3 is 10.6 Å². The van der Waals surface area contributed by atoms with Gasteiger partial charge in [-0.1, -0.05) is 28.1 Å². The number of nitrogens with zero attached hydrogens (tertiary/aromatic N) is 2. The van der Waals surface area contributed by atoms with Crippen LogP contribution in [-0.2, 0) is 9.59 Å². The van der Waals surface area contributed by atoms with Crippen molar-refractivity contribution in [3.63, 3.8) is 0 Å². The average molecular weight is 441 g/mol. The first-order valence-corrected chi connectivity index (χ1v) is 8.91. The molecule has 0 saturated carbocycles. The fourth-order valence-corrected chi connectivity index (χ4v) is 3.07. The van der Waals surface area contributed by atoms with Gasteiger partial charge in [-0.3, -0.25) is 24.1 Å². The molecule has 0 radical (unpaired) electrons.